The average Bonchev–Trinajstić information content (AvgIpc) is 1.65. The third-order valence-corrected chi connectivity index (χ3v) is 1.30. The summed E-state index contributed by atoms with van der Waals surface area (Å²) in [6, 6.07) is 0. The summed E-state index contributed by atoms with van der Waals surface area (Å²) < 4.78 is -0.981. The van der Waals surface area contributed by atoms with Crippen molar-refractivity contribution in [1.82, 2.24) is 0 Å². The van der Waals surface area contributed by atoms with Crippen LogP contribution in [-0.2, 0) is 0 Å². The Morgan fingerprint density at radius 1 is 1.75 bits per heavy atom. The summed E-state index contributed by atoms with van der Waals surface area (Å²) in [6.45, 7) is 0.675. The predicted octanol–water partition coefficient (Wildman–Crippen LogP) is 0.710. The van der Waals surface area contributed by atoms with Crippen molar-refractivity contribution in [2.24, 2.45) is 4.99 Å². The molecule has 1 heterocycles. The fourth-order valence-electron chi connectivity index (χ4n) is 0.503. The Bertz CT molecular complexity index is 125. The molecule has 1 aliphatic heterocycles. The molecule has 0 fully saturated rings. The number of alkyl halides is 1. The summed E-state index contributed by atoms with van der Waals surface area (Å²) in [5.41, 5.74) is 0. The van der Waals surface area contributed by atoms with Crippen LogP contribution in [0.3, 0.4) is 0 Å². The molecule has 1 aliphatic rings. The first kappa shape index (κ1) is 5.98. The SMILES string of the molecule is OC1(Br)C=CCN=C1. The molecule has 1 unspecified atom stereocenters. The Balaban J connectivity index is 2.69. The van der Waals surface area contributed by atoms with Crippen molar-refractivity contribution < 1.29 is 5.11 Å². The van der Waals surface area contributed by atoms with E-state index in [0.29, 0.717) is 6.54 Å². The van der Waals surface area contributed by atoms with Crippen molar-refractivity contribution in [3.63, 3.8) is 0 Å². The van der Waals surface area contributed by atoms with Crippen LogP contribution in [0, 0.1) is 0 Å². The van der Waals surface area contributed by atoms with Crippen LogP contribution in [0.25, 0.3) is 0 Å². The van der Waals surface area contributed by atoms with Crippen LogP contribution in [0.4, 0.5) is 0 Å². The maximum Gasteiger partial charge on any atom is 0.173 e. The van der Waals surface area contributed by atoms with Gasteiger partial charge in [0.2, 0.25) is 0 Å². The lowest BCUT2D eigenvalue weighted by Crippen LogP contribution is -2.20. The fourth-order valence-corrected chi connectivity index (χ4v) is 0.834. The van der Waals surface area contributed by atoms with Gasteiger partial charge in [-0.2, -0.15) is 0 Å². The number of dihydropyridines is 1. The second-order valence-electron chi connectivity index (χ2n) is 1.62. The lowest BCUT2D eigenvalue weighted by Gasteiger charge is -2.11. The number of aliphatic hydroxyl groups is 1. The molecular weight excluding hydrogens is 170 g/mol. The average molecular weight is 176 g/mol. The highest BCUT2D eigenvalue weighted by molar-refractivity contribution is 9.10. The number of halogens is 1. The van der Waals surface area contributed by atoms with Gasteiger partial charge >= 0.3 is 0 Å². The Labute approximate surface area is 56.1 Å². The second kappa shape index (κ2) is 1.99. The topological polar surface area (TPSA) is 32.6 Å². The van der Waals surface area contributed by atoms with E-state index >= 15 is 0 Å². The third-order valence-electron chi connectivity index (χ3n) is 0.835. The smallest absolute Gasteiger partial charge is 0.173 e. The Morgan fingerprint density at radius 3 is 2.75 bits per heavy atom. The minimum atomic E-state index is -0.981. The van der Waals surface area contributed by atoms with Crippen molar-refractivity contribution in [1.29, 1.82) is 0 Å². The Kier molecular flexibility index (Phi) is 1.49. The van der Waals surface area contributed by atoms with Gasteiger partial charge in [0.25, 0.3) is 0 Å². The lowest BCUT2D eigenvalue weighted by molar-refractivity contribution is 0.266. The molecule has 44 valence electrons. The highest BCUT2D eigenvalue weighted by Crippen LogP contribution is 2.14. The minimum absolute atomic E-state index is 0.675. The first-order chi connectivity index (χ1) is 3.71. The van der Waals surface area contributed by atoms with Gasteiger partial charge in [-0.25, -0.2) is 0 Å². The number of hydrogen-bond donors (Lipinski definition) is 1. The van der Waals surface area contributed by atoms with E-state index in [1.54, 1.807) is 12.2 Å². The lowest BCUT2D eigenvalue weighted by atomic mass is 10.3. The molecule has 0 saturated carbocycles. The zero-order valence-corrected chi connectivity index (χ0v) is 5.80. The van der Waals surface area contributed by atoms with Crippen LogP contribution in [0.2, 0.25) is 0 Å². The van der Waals surface area contributed by atoms with Crippen molar-refractivity contribution in [3.05, 3.63) is 12.2 Å². The molecule has 1 rings (SSSR count). The van der Waals surface area contributed by atoms with Crippen molar-refractivity contribution >= 4 is 22.1 Å². The molecule has 0 amide bonds. The highest BCUT2D eigenvalue weighted by Gasteiger charge is 2.15. The highest BCUT2D eigenvalue weighted by atomic mass is 79.9. The molecule has 0 spiro atoms. The molecule has 1 atom stereocenters. The summed E-state index contributed by atoms with van der Waals surface area (Å²) >= 11 is 3.01. The Morgan fingerprint density at radius 2 is 2.50 bits per heavy atom. The van der Waals surface area contributed by atoms with Crippen LogP contribution >= 0.6 is 15.9 Å². The molecule has 0 bridgehead atoms. The zero-order chi connectivity index (χ0) is 6.04. The third kappa shape index (κ3) is 1.42. The van der Waals surface area contributed by atoms with E-state index in [-0.39, 0.29) is 0 Å². The van der Waals surface area contributed by atoms with Gasteiger partial charge in [-0.05, 0) is 22.0 Å². The van der Waals surface area contributed by atoms with E-state index in [2.05, 4.69) is 20.9 Å². The molecular formula is C5H6BrNO. The van der Waals surface area contributed by atoms with Gasteiger partial charge in [0, 0.05) is 6.21 Å². The van der Waals surface area contributed by atoms with Gasteiger partial charge < -0.3 is 5.11 Å². The number of rotatable bonds is 0. The van der Waals surface area contributed by atoms with E-state index < -0.39 is 4.51 Å². The summed E-state index contributed by atoms with van der Waals surface area (Å²) in [7, 11) is 0. The van der Waals surface area contributed by atoms with Crippen molar-refractivity contribution in [2.45, 2.75) is 4.51 Å². The van der Waals surface area contributed by atoms with E-state index in [0.717, 1.165) is 0 Å². The summed E-state index contributed by atoms with van der Waals surface area (Å²) in [6.07, 6.45) is 4.92. The summed E-state index contributed by atoms with van der Waals surface area (Å²) in [4.78, 5) is 3.82. The second-order valence-corrected chi connectivity index (χ2v) is 2.89. The number of nitrogens with zero attached hydrogens (tertiary/aromatic N) is 1. The quantitative estimate of drug-likeness (QED) is 0.427. The van der Waals surface area contributed by atoms with Crippen molar-refractivity contribution in [3.8, 4) is 0 Å². The maximum absolute atomic E-state index is 9.06. The normalized spacial score (nSPS) is 35.8. The standard InChI is InChI=1S/C5H6BrNO/c6-5(8)2-1-3-7-4-5/h1-2,4,8H,3H2. The van der Waals surface area contributed by atoms with Crippen LogP contribution in [0.5, 0.6) is 0 Å². The van der Waals surface area contributed by atoms with Crippen LogP contribution < -0.4 is 0 Å². The van der Waals surface area contributed by atoms with Gasteiger partial charge in [0.15, 0.2) is 4.51 Å². The molecule has 1 N–H and O–H groups in total. The van der Waals surface area contributed by atoms with Gasteiger partial charge in [0.05, 0.1) is 6.54 Å². The molecule has 3 heteroatoms. The summed E-state index contributed by atoms with van der Waals surface area (Å²) in [5, 5.41) is 9.06. The molecule has 8 heavy (non-hydrogen) atoms. The summed E-state index contributed by atoms with van der Waals surface area (Å²) in [5.74, 6) is 0. The molecule has 0 saturated heterocycles. The van der Waals surface area contributed by atoms with Gasteiger partial charge in [-0.15, -0.1) is 0 Å². The molecule has 2 nitrogen and oxygen atoms in total. The predicted molar refractivity (Wildman–Crippen MR) is 36.4 cm³/mol. The zero-order valence-electron chi connectivity index (χ0n) is 4.21. The number of hydrogen-bond acceptors (Lipinski definition) is 2. The molecule has 0 aromatic heterocycles. The molecule has 0 radical (unpaired) electrons. The van der Waals surface area contributed by atoms with E-state index in [1.807, 2.05) is 0 Å². The number of aliphatic imine (C=N–C) groups is 1. The molecule has 0 aromatic rings. The Hall–Kier alpha value is -0.150. The van der Waals surface area contributed by atoms with E-state index in [4.69, 9.17) is 5.11 Å². The van der Waals surface area contributed by atoms with Crippen LogP contribution in [0.15, 0.2) is 17.1 Å². The van der Waals surface area contributed by atoms with Gasteiger partial charge in [-0.1, -0.05) is 6.08 Å². The van der Waals surface area contributed by atoms with Crippen LogP contribution in [-0.4, -0.2) is 22.4 Å². The first-order valence-corrected chi connectivity index (χ1v) is 3.10. The minimum Gasteiger partial charge on any atom is -0.370 e. The van der Waals surface area contributed by atoms with Crippen molar-refractivity contribution in [2.75, 3.05) is 6.54 Å². The first-order valence-electron chi connectivity index (χ1n) is 2.31. The van der Waals surface area contributed by atoms with Gasteiger partial charge in [-0.3, -0.25) is 4.99 Å². The molecule has 0 aromatic carbocycles. The monoisotopic (exact) mass is 175 g/mol. The van der Waals surface area contributed by atoms with Gasteiger partial charge in [0.1, 0.15) is 0 Å². The van der Waals surface area contributed by atoms with Crippen LogP contribution in [0.1, 0.15) is 0 Å². The largest absolute Gasteiger partial charge is 0.370 e. The maximum atomic E-state index is 9.06. The fraction of sp³-hybridized carbons (Fsp3) is 0.400. The molecule has 0 aliphatic carbocycles. The van der Waals surface area contributed by atoms with E-state index in [9.17, 15) is 0 Å². The van der Waals surface area contributed by atoms with E-state index in [1.165, 1.54) is 6.21 Å².